The van der Waals surface area contributed by atoms with E-state index in [1.807, 2.05) is 13.2 Å². The van der Waals surface area contributed by atoms with Crippen LogP contribution >= 0.6 is 22.6 Å². The molecule has 0 N–H and O–H groups in total. The van der Waals surface area contributed by atoms with E-state index in [4.69, 9.17) is 4.74 Å². The summed E-state index contributed by atoms with van der Waals surface area (Å²) in [7, 11) is 0. The Morgan fingerprint density at radius 2 is 1.80 bits per heavy atom. The fourth-order valence-corrected chi connectivity index (χ4v) is 2.43. The van der Waals surface area contributed by atoms with E-state index in [1.54, 1.807) is 5.57 Å². The van der Waals surface area contributed by atoms with Crippen molar-refractivity contribution in [2.24, 2.45) is 0 Å². The molecule has 0 aromatic carbocycles. The highest BCUT2D eigenvalue weighted by atomic mass is 127. The van der Waals surface area contributed by atoms with Crippen molar-refractivity contribution < 1.29 is 4.74 Å². The van der Waals surface area contributed by atoms with Crippen molar-refractivity contribution >= 4 is 22.6 Å². The molecule has 88 valence electrons. The van der Waals surface area contributed by atoms with Crippen molar-refractivity contribution in [2.75, 3.05) is 6.61 Å². The molecule has 0 spiro atoms. The third-order valence-electron chi connectivity index (χ3n) is 2.13. The summed E-state index contributed by atoms with van der Waals surface area (Å²) in [6.45, 7) is 7.24. The van der Waals surface area contributed by atoms with Crippen LogP contribution in [0.25, 0.3) is 0 Å². The zero-order chi connectivity index (χ0) is 11.5. The molecule has 0 heterocycles. The maximum atomic E-state index is 5.20. The van der Waals surface area contributed by atoms with E-state index in [1.165, 1.54) is 29.3 Å². The molecule has 0 amide bonds. The van der Waals surface area contributed by atoms with E-state index in [9.17, 15) is 0 Å². The summed E-state index contributed by atoms with van der Waals surface area (Å²) in [4.78, 5) is 0. The Morgan fingerprint density at radius 3 is 2.33 bits per heavy atom. The Hall–Kier alpha value is 0.01000. The quantitative estimate of drug-likeness (QED) is 0.440. The molecule has 2 heteroatoms. The van der Waals surface area contributed by atoms with Gasteiger partial charge >= 0.3 is 0 Å². The van der Waals surface area contributed by atoms with Crippen LogP contribution in [0.3, 0.4) is 0 Å². The minimum atomic E-state index is 0.759. The molecule has 0 atom stereocenters. The minimum absolute atomic E-state index is 0.759. The SMILES string of the molecule is CCC/C(I)=C(/C/C=C/OCC)CCC. The van der Waals surface area contributed by atoms with Crippen molar-refractivity contribution in [3.63, 3.8) is 0 Å². The summed E-state index contributed by atoms with van der Waals surface area (Å²) >= 11 is 2.49. The van der Waals surface area contributed by atoms with Gasteiger partial charge in [0, 0.05) is 0 Å². The van der Waals surface area contributed by atoms with Crippen molar-refractivity contribution in [3.8, 4) is 0 Å². The van der Waals surface area contributed by atoms with Gasteiger partial charge in [0.05, 0.1) is 12.9 Å². The average molecular weight is 322 g/mol. The third-order valence-corrected chi connectivity index (χ3v) is 3.43. The summed E-state index contributed by atoms with van der Waals surface area (Å²) in [5.74, 6) is 0. The maximum Gasteiger partial charge on any atom is 0.0845 e. The summed E-state index contributed by atoms with van der Waals surface area (Å²) in [5, 5.41) is 0. The van der Waals surface area contributed by atoms with Gasteiger partial charge in [-0.05, 0) is 58.4 Å². The molecule has 15 heavy (non-hydrogen) atoms. The first-order chi connectivity index (χ1) is 7.26. The lowest BCUT2D eigenvalue weighted by molar-refractivity contribution is 0.268. The second-order valence-corrected chi connectivity index (χ2v) is 4.84. The Morgan fingerprint density at radius 1 is 1.13 bits per heavy atom. The normalized spacial score (nSPS) is 13.1. The van der Waals surface area contributed by atoms with Crippen LogP contribution in [0.5, 0.6) is 0 Å². The first kappa shape index (κ1) is 15.0. The van der Waals surface area contributed by atoms with Gasteiger partial charge < -0.3 is 4.74 Å². The number of hydrogen-bond acceptors (Lipinski definition) is 1. The van der Waals surface area contributed by atoms with Gasteiger partial charge in [0.25, 0.3) is 0 Å². The average Bonchev–Trinajstić information content (AvgIpc) is 2.23. The highest BCUT2D eigenvalue weighted by Crippen LogP contribution is 2.25. The van der Waals surface area contributed by atoms with Crippen LogP contribution in [-0.4, -0.2) is 6.61 Å². The second kappa shape index (κ2) is 10.5. The number of rotatable bonds is 8. The number of allylic oxidation sites excluding steroid dienone is 3. The molecule has 0 fully saturated rings. The van der Waals surface area contributed by atoms with Crippen LogP contribution in [0.2, 0.25) is 0 Å². The number of halogens is 1. The van der Waals surface area contributed by atoms with Crippen LogP contribution in [-0.2, 0) is 4.74 Å². The first-order valence-corrected chi connectivity index (χ1v) is 6.97. The summed E-state index contributed by atoms with van der Waals surface area (Å²) < 4.78 is 6.74. The van der Waals surface area contributed by atoms with Gasteiger partial charge in [-0.2, -0.15) is 0 Å². The third kappa shape index (κ3) is 7.88. The van der Waals surface area contributed by atoms with Crippen LogP contribution in [0.1, 0.15) is 52.9 Å². The van der Waals surface area contributed by atoms with E-state index >= 15 is 0 Å². The summed E-state index contributed by atoms with van der Waals surface area (Å²) in [6, 6.07) is 0. The molecule has 0 aliphatic rings. The van der Waals surface area contributed by atoms with E-state index in [0.717, 1.165) is 13.0 Å². The molecule has 0 rings (SSSR count). The number of ether oxygens (including phenoxy) is 1. The molecule has 0 radical (unpaired) electrons. The van der Waals surface area contributed by atoms with Crippen LogP contribution in [0, 0.1) is 0 Å². The summed E-state index contributed by atoms with van der Waals surface area (Å²) in [6.07, 6.45) is 9.91. The van der Waals surface area contributed by atoms with Gasteiger partial charge in [0.1, 0.15) is 0 Å². The van der Waals surface area contributed by atoms with Gasteiger partial charge in [-0.1, -0.05) is 32.3 Å². The molecule has 0 aliphatic carbocycles. The highest BCUT2D eigenvalue weighted by Gasteiger charge is 2.01. The van der Waals surface area contributed by atoms with E-state index in [2.05, 4.69) is 42.5 Å². The van der Waals surface area contributed by atoms with Gasteiger partial charge in [0.15, 0.2) is 0 Å². The van der Waals surface area contributed by atoms with Crippen molar-refractivity contribution in [1.82, 2.24) is 0 Å². The van der Waals surface area contributed by atoms with E-state index in [0.29, 0.717) is 0 Å². The molecule has 0 saturated carbocycles. The molecule has 0 bridgehead atoms. The fraction of sp³-hybridized carbons (Fsp3) is 0.692. The molecule has 1 nitrogen and oxygen atoms in total. The minimum Gasteiger partial charge on any atom is -0.502 e. The van der Waals surface area contributed by atoms with Crippen LogP contribution in [0.15, 0.2) is 21.5 Å². The van der Waals surface area contributed by atoms with Gasteiger partial charge in [-0.25, -0.2) is 0 Å². The van der Waals surface area contributed by atoms with Crippen molar-refractivity contribution in [1.29, 1.82) is 0 Å². The Kier molecular flexibility index (Phi) is 10.5. The molecular weight excluding hydrogens is 299 g/mol. The molecule has 0 aromatic heterocycles. The first-order valence-electron chi connectivity index (χ1n) is 5.89. The Balaban J connectivity index is 4.19. The largest absolute Gasteiger partial charge is 0.502 e. The predicted octanol–water partition coefficient (Wildman–Crippen LogP) is 5.22. The predicted molar refractivity (Wildman–Crippen MR) is 76.2 cm³/mol. The van der Waals surface area contributed by atoms with Crippen LogP contribution < -0.4 is 0 Å². The van der Waals surface area contributed by atoms with Crippen molar-refractivity contribution in [2.45, 2.75) is 52.9 Å². The monoisotopic (exact) mass is 322 g/mol. The lowest BCUT2D eigenvalue weighted by atomic mass is 10.1. The molecule has 0 unspecified atom stereocenters. The van der Waals surface area contributed by atoms with E-state index in [-0.39, 0.29) is 0 Å². The zero-order valence-electron chi connectivity index (χ0n) is 10.2. The topological polar surface area (TPSA) is 9.23 Å². The van der Waals surface area contributed by atoms with E-state index < -0.39 is 0 Å². The standard InChI is InChI=1S/C13H23IO/c1-4-8-12(13(14)9-5-2)10-7-11-15-6-3/h7,11H,4-6,8-10H2,1-3H3/b11-7+,13-12-. The maximum absolute atomic E-state index is 5.20. The molecule has 0 aliphatic heterocycles. The molecular formula is C13H23IO. The van der Waals surface area contributed by atoms with Gasteiger partial charge in [-0.3, -0.25) is 0 Å². The zero-order valence-corrected chi connectivity index (χ0v) is 12.3. The fourth-order valence-electron chi connectivity index (χ4n) is 1.40. The summed E-state index contributed by atoms with van der Waals surface area (Å²) in [5.41, 5.74) is 1.58. The molecule has 0 saturated heterocycles. The smallest absolute Gasteiger partial charge is 0.0845 e. The number of hydrogen-bond donors (Lipinski definition) is 0. The highest BCUT2D eigenvalue weighted by molar-refractivity contribution is 14.1. The second-order valence-electron chi connectivity index (χ2n) is 3.54. The lowest BCUT2D eigenvalue weighted by Crippen LogP contribution is -1.87. The lowest BCUT2D eigenvalue weighted by Gasteiger charge is -2.07. The Labute approximate surface area is 108 Å². The van der Waals surface area contributed by atoms with Gasteiger partial charge in [0.2, 0.25) is 0 Å². The van der Waals surface area contributed by atoms with Gasteiger partial charge in [-0.15, -0.1) is 0 Å². The van der Waals surface area contributed by atoms with Crippen LogP contribution in [0.4, 0.5) is 0 Å². The Bertz CT molecular complexity index is 207. The molecule has 0 aromatic rings. The van der Waals surface area contributed by atoms with Crippen molar-refractivity contribution in [3.05, 3.63) is 21.5 Å².